The van der Waals surface area contributed by atoms with Gasteiger partial charge in [-0.3, -0.25) is 4.79 Å². The van der Waals surface area contributed by atoms with Crippen molar-refractivity contribution in [2.75, 3.05) is 6.61 Å². The fourth-order valence-corrected chi connectivity index (χ4v) is 2.76. The molecule has 0 atom stereocenters. The van der Waals surface area contributed by atoms with Crippen LogP contribution in [0.1, 0.15) is 29.7 Å². The van der Waals surface area contributed by atoms with Crippen LogP contribution >= 0.6 is 0 Å². The first-order valence-corrected chi connectivity index (χ1v) is 8.59. The lowest BCUT2D eigenvalue weighted by molar-refractivity contribution is -0.121. The van der Waals surface area contributed by atoms with Gasteiger partial charge in [-0.05, 0) is 25.0 Å². The number of rotatable bonds is 8. The number of amides is 1. The van der Waals surface area contributed by atoms with Crippen LogP contribution < -0.4 is 5.32 Å². The molecule has 0 bridgehead atoms. The molecule has 0 saturated heterocycles. The standard InChI is InChI=1S/C21H23NO3/c1-16-18-10-5-6-11-19(18)25-20(16)14-22-21(23)12-7-13-24-15-17-8-3-2-4-9-17/h2-6,8-11H,7,12-15H2,1H3,(H,22,23). The molecule has 0 unspecified atom stereocenters. The molecule has 0 aliphatic rings. The van der Waals surface area contributed by atoms with E-state index in [1.165, 1.54) is 0 Å². The molecule has 2 aromatic carbocycles. The minimum Gasteiger partial charge on any atom is -0.459 e. The number of nitrogens with one attached hydrogen (secondary N) is 1. The van der Waals surface area contributed by atoms with Gasteiger partial charge in [0.15, 0.2) is 0 Å². The minimum absolute atomic E-state index is 0.0168. The topological polar surface area (TPSA) is 51.5 Å². The molecule has 4 nitrogen and oxygen atoms in total. The smallest absolute Gasteiger partial charge is 0.220 e. The van der Waals surface area contributed by atoms with Crippen molar-refractivity contribution in [2.45, 2.75) is 32.9 Å². The van der Waals surface area contributed by atoms with E-state index in [0.29, 0.717) is 32.6 Å². The highest BCUT2D eigenvalue weighted by Gasteiger charge is 2.10. The fourth-order valence-electron chi connectivity index (χ4n) is 2.76. The van der Waals surface area contributed by atoms with Crippen LogP contribution in [-0.4, -0.2) is 12.5 Å². The number of fused-ring (bicyclic) bond motifs is 1. The maximum Gasteiger partial charge on any atom is 0.220 e. The van der Waals surface area contributed by atoms with Gasteiger partial charge in [-0.15, -0.1) is 0 Å². The Morgan fingerprint density at radius 2 is 1.84 bits per heavy atom. The molecule has 0 spiro atoms. The first-order chi connectivity index (χ1) is 12.2. The number of hydrogen-bond acceptors (Lipinski definition) is 3. The van der Waals surface area contributed by atoms with Gasteiger partial charge < -0.3 is 14.5 Å². The van der Waals surface area contributed by atoms with E-state index in [9.17, 15) is 4.79 Å². The molecule has 1 N–H and O–H groups in total. The lowest BCUT2D eigenvalue weighted by Gasteiger charge is -2.06. The van der Waals surface area contributed by atoms with Crippen LogP contribution in [0.4, 0.5) is 0 Å². The molecule has 1 amide bonds. The summed E-state index contributed by atoms with van der Waals surface area (Å²) in [6.45, 7) is 3.60. The summed E-state index contributed by atoms with van der Waals surface area (Å²) in [4.78, 5) is 12.0. The maximum atomic E-state index is 12.0. The predicted molar refractivity (Wildman–Crippen MR) is 98.1 cm³/mol. The molecular weight excluding hydrogens is 314 g/mol. The van der Waals surface area contributed by atoms with Crippen LogP contribution in [0.5, 0.6) is 0 Å². The summed E-state index contributed by atoms with van der Waals surface area (Å²) in [6, 6.07) is 17.9. The first-order valence-electron chi connectivity index (χ1n) is 8.59. The van der Waals surface area contributed by atoms with Crippen molar-refractivity contribution < 1.29 is 13.9 Å². The number of carbonyl (C=O) groups excluding carboxylic acids is 1. The van der Waals surface area contributed by atoms with E-state index in [1.807, 2.05) is 61.5 Å². The van der Waals surface area contributed by atoms with Gasteiger partial charge >= 0.3 is 0 Å². The summed E-state index contributed by atoms with van der Waals surface area (Å²) in [5.41, 5.74) is 3.09. The average molecular weight is 337 g/mol. The third-order valence-electron chi connectivity index (χ3n) is 4.19. The highest BCUT2D eigenvalue weighted by Crippen LogP contribution is 2.24. The number of para-hydroxylation sites is 1. The summed E-state index contributed by atoms with van der Waals surface area (Å²) in [7, 11) is 0. The molecule has 1 aromatic heterocycles. The van der Waals surface area contributed by atoms with Crippen molar-refractivity contribution in [3.63, 3.8) is 0 Å². The molecule has 0 aliphatic heterocycles. The molecular formula is C21H23NO3. The molecule has 3 rings (SSSR count). The number of carbonyl (C=O) groups is 1. The zero-order chi connectivity index (χ0) is 17.5. The number of benzene rings is 2. The number of ether oxygens (including phenoxy) is 1. The summed E-state index contributed by atoms with van der Waals surface area (Å²) in [6.07, 6.45) is 1.16. The lowest BCUT2D eigenvalue weighted by Crippen LogP contribution is -2.22. The highest BCUT2D eigenvalue weighted by molar-refractivity contribution is 5.82. The van der Waals surface area contributed by atoms with Crippen molar-refractivity contribution in [3.8, 4) is 0 Å². The van der Waals surface area contributed by atoms with Crippen molar-refractivity contribution in [2.24, 2.45) is 0 Å². The van der Waals surface area contributed by atoms with E-state index in [1.54, 1.807) is 0 Å². The second kappa shape index (κ2) is 8.49. The first kappa shape index (κ1) is 17.2. The Bertz CT molecular complexity index is 824. The Morgan fingerprint density at radius 3 is 2.64 bits per heavy atom. The molecule has 25 heavy (non-hydrogen) atoms. The Kier molecular flexibility index (Phi) is 5.86. The normalized spacial score (nSPS) is 10.9. The van der Waals surface area contributed by atoms with Gasteiger partial charge in [-0.1, -0.05) is 48.5 Å². The minimum atomic E-state index is 0.0168. The molecule has 0 saturated carbocycles. The largest absolute Gasteiger partial charge is 0.459 e. The monoisotopic (exact) mass is 337 g/mol. The van der Waals surface area contributed by atoms with Crippen LogP contribution in [0.25, 0.3) is 11.0 Å². The van der Waals surface area contributed by atoms with E-state index in [2.05, 4.69) is 5.32 Å². The van der Waals surface area contributed by atoms with Crippen molar-refractivity contribution in [3.05, 3.63) is 71.5 Å². The summed E-state index contributed by atoms with van der Waals surface area (Å²) >= 11 is 0. The van der Waals surface area contributed by atoms with Gasteiger partial charge in [0.25, 0.3) is 0 Å². The van der Waals surface area contributed by atoms with Gasteiger partial charge in [0.2, 0.25) is 5.91 Å². The third-order valence-corrected chi connectivity index (χ3v) is 4.19. The summed E-state index contributed by atoms with van der Waals surface area (Å²) in [5, 5.41) is 4.02. The second-order valence-corrected chi connectivity index (χ2v) is 6.06. The van der Waals surface area contributed by atoms with Crippen LogP contribution in [0, 0.1) is 6.92 Å². The summed E-state index contributed by atoms with van der Waals surface area (Å²) in [5.74, 6) is 0.832. The SMILES string of the molecule is Cc1c(CNC(=O)CCCOCc2ccccc2)oc2ccccc12. The van der Waals surface area contributed by atoms with Crippen LogP contribution in [0.2, 0.25) is 0 Å². The highest BCUT2D eigenvalue weighted by atomic mass is 16.5. The Morgan fingerprint density at radius 1 is 1.08 bits per heavy atom. The summed E-state index contributed by atoms with van der Waals surface area (Å²) < 4.78 is 11.4. The Hall–Kier alpha value is -2.59. The Balaban J connectivity index is 1.37. The molecule has 1 heterocycles. The molecule has 4 heteroatoms. The Labute approximate surface area is 147 Å². The van der Waals surface area contributed by atoms with Crippen LogP contribution in [0.3, 0.4) is 0 Å². The van der Waals surface area contributed by atoms with Gasteiger partial charge in [-0.2, -0.15) is 0 Å². The number of aryl methyl sites for hydroxylation is 1. The van der Waals surface area contributed by atoms with Gasteiger partial charge in [0.1, 0.15) is 11.3 Å². The van der Waals surface area contributed by atoms with Gasteiger partial charge in [0, 0.05) is 24.0 Å². The van der Waals surface area contributed by atoms with Gasteiger partial charge in [0.05, 0.1) is 13.2 Å². The van der Waals surface area contributed by atoms with Crippen molar-refractivity contribution in [1.29, 1.82) is 0 Å². The van der Waals surface area contributed by atoms with E-state index in [4.69, 9.17) is 9.15 Å². The maximum absolute atomic E-state index is 12.0. The van der Waals surface area contributed by atoms with E-state index in [0.717, 1.165) is 27.9 Å². The zero-order valence-corrected chi connectivity index (χ0v) is 14.5. The lowest BCUT2D eigenvalue weighted by atomic mass is 10.1. The van der Waals surface area contributed by atoms with Crippen molar-refractivity contribution in [1.82, 2.24) is 5.32 Å². The van der Waals surface area contributed by atoms with E-state index >= 15 is 0 Å². The van der Waals surface area contributed by atoms with Crippen LogP contribution in [-0.2, 0) is 22.7 Å². The number of furan rings is 1. The van der Waals surface area contributed by atoms with E-state index < -0.39 is 0 Å². The second-order valence-electron chi connectivity index (χ2n) is 6.06. The zero-order valence-electron chi connectivity index (χ0n) is 14.5. The number of hydrogen-bond donors (Lipinski definition) is 1. The molecule has 0 aliphatic carbocycles. The average Bonchev–Trinajstić information content (AvgIpc) is 2.97. The fraction of sp³-hybridized carbons (Fsp3) is 0.286. The van der Waals surface area contributed by atoms with E-state index in [-0.39, 0.29) is 5.91 Å². The quantitative estimate of drug-likeness (QED) is 0.622. The molecule has 130 valence electrons. The van der Waals surface area contributed by atoms with Crippen LogP contribution in [0.15, 0.2) is 59.0 Å². The van der Waals surface area contributed by atoms with Gasteiger partial charge in [-0.25, -0.2) is 0 Å². The molecule has 0 radical (unpaired) electrons. The third kappa shape index (κ3) is 4.70. The molecule has 0 fully saturated rings. The molecule has 3 aromatic rings. The predicted octanol–water partition coefficient (Wildman–Crippen LogP) is 4.35. The van der Waals surface area contributed by atoms with Crippen molar-refractivity contribution >= 4 is 16.9 Å².